The molecule has 7 nitrogen and oxygen atoms in total. The van der Waals surface area contributed by atoms with Crippen molar-refractivity contribution < 1.29 is 9.47 Å². The van der Waals surface area contributed by atoms with Crippen molar-refractivity contribution in [1.82, 2.24) is 15.0 Å². The lowest BCUT2D eigenvalue weighted by atomic mass is 10.5. The standard InChI is InChI=1S/C11H21N5O2/c1-5-16(6-2)10-13-9(12-3)14-11(15-10)18-8-7-17-4/h5-8H2,1-4H3,(H,12,13,14,15). The summed E-state index contributed by atoms with van der Waals surface area (Å²) < 4.78 is 10.3. The van der Waals surface area contributed by atoms with Gasteiger partial charge in [0.05, 0.1) is 6.61 Å². The van der Waals surface area contributed by atoms with Gasteiger partial charge in [0.25, 0.3) is 0 Å². The van der Waals surface area contributed by atoms with Crippen molar-refractivity contribution in [3.63, 3.8) is 0 Å². The minimum atomic E-state index is 0.313. The number of nitrogens with zero attached hydrogens (tertiary/aromatic N) is 4. The molecular formula is C11H21N5O2. The van der Waals surface area contributed by atoms with Gasteiger partial charge in [-0.1, -0.05) is 0 Å². The van der Waals surface area contributed by atoms with Gasteiger partial charge >= 0.3 is 6.01 Å². The second kappa shape index (κ2) is 7.65. The maximum atomic E-state index is 5.41. The zero-order valence-electron chi connectivity index (χ0n) is 11.4. The molecule has 0 spiro atoms. The minimum Gasteiger partial charge on any atom is -0.461 e. The van der Waals surface area contributed by atoms with Crippen LogP contribution >= 0.6 is 0 Å². The lowest BCUT2D eigenvalue weighted by Gasteiger charge is -2.19. The molecule has 0 aliphatic heterocycles. The third-order valence-corrected chi connectivity index (χ3v) is 2.39. The van der Waals surface area contributed by atoms with Crippen molar-refractivity contribution in [3.05, 3.63) is 0 Å². The van der Waals surface area contributed by atoms with Gasteiger partial charge in [-0.05, 0) is 13.8 Å². The largest absolute Gasteiger partial charge is 0.461 e. The molecule has 1 aromatic heterocycles. The molecule has 0 bridgehead atoms. The average Bonchev–Trinajstić information content (AvgIpc) is 2.40. The van der Waals surface area contributed by atoms with Crippen LogP contribution in [-0.4, -0.2) is 55.4 Å². The van der Waals surface area contributed by atoms with Crippen LogP contribution in [0.4, 0.5) is 11.9 Å². The highest BCUT2D eigenvalue weighted by Crippen LogP contribution is 2.14. The van der Waals surface area contributed by atoms with Crippen LogP contribution in [0.25, 0.3) is 0 Å². The topological polar surface area (TPSA) is 72.4 Å². The van der Waals surface area contributed by atoms with E-state index in [2.05, 4.69) is 34.1 Å². The molecule has 18 heavy (non-hydrogen) atoms. The molecule has 0 unspecified atom stereocenters. The van der Waals surface area contributed by atoms with Crippen molar-refractivity contribution in [3.8, 4) is 6.01 Å². The van der Waals surface area contributed by atoms with Gasteiger partial charge in [-0.2, -0.15) is 15.0 Å². The average molecular weight is 255 g/mol. The fourth-order valence-electron chi connectivity index (χ4n) is 1.39. The Hall–Kier alpha value is -1.63. The summed E-state index contributed by atoms with van der Waals surface area (Å²) in [5.74, 6) is 1.12. The van der Waals surface area contributed by atoms with Gasteiger partial charge in [-0.15, -0.1) is 0 Å². The monoisotopic (exact) mass is 255 g/mol. The highest BCUT2D eigenvalue weighted by atomic mass is 16.5. The van der Waals surface area contributed by atoms with Gasteiger partial charge in [-0.3, -0.25) is 0 Å². The van der Waals surface area contributed by atoms with Gasteiger partial charge in [0.15, 0.2) is 0 Å². The molecule has 0 atom stereocenters. The van der Waals surface area contributed by atoms with E-state index in [1.54, 1.807) is 14.2 Å². The van der Waals surface area contributed by atoms with Crippen LogP contribution in [0.2, 0.25) is 0 Å². The first kappa shape index (κ1) is 14.4. The Bertz CT molecular complexity index is 357. The summed E-state index contributed by atoms with van der Waals surface area (Å²) in [4.78, 5) is 14.8. The van der Waals surface area contributed by atoms with E-state index < -0.39 is 0 Å². The number of methoxy groups -OCH3 is 1. The van der Waals surface area contributed by atoms with E-state index in [1.165, 1.54) is 0 Å². The molecule has 0 saturated heterocycles. The number of rotatable bonds is 8. The van der Waals surface area contributed by atoms with Crippen molar-refractivity contribution >= 4 is 11.9 Å². The molecule has 0 saturated carbocycles. The summed E-state index contributed by atoms with van der Waals surface area (Å²) in [5, 5.41) is 2.90. The van der Waals surface area contributed by atoms with E-state index >= 15 is 0 Å². The second-order valence-corrected chi connectivity index (χ2v) is 3.51. The lowest BCUT2D eigenvalue weighted by Crippen LogP contribution is -2.25. The predicted molar refractivity (Wildman–Crippen MR) is 70.3 cm³/mol. The zero-order chi connectivity index (χ0) is 13.4. The molecule has 1 rings (SSSR count). The van der Waals surface area contributed by atoms with Crippen molar-refractivity contribution in [2.75, 3.05) is 50.7 Å². The third-order valence-electron chi connectivity index (χ3n) is 2.39. The van der Waals surface area contributed by atoms with Crippen LogP contribution in [0.5, 0.6) is 6.01 Å². The maximum absolute atomic E-state index is 5.41. The zero-order valence-corrected chi connectivity index (χ0v) is 11.4. The number of hydrogen-bond donors (Lipinski definition) is 1. The molecule has 1 heterocycles. The summed E-state index contributed by atoms with van der Waals surface area (Å²) >= 11 is 0. The van der Waals surface area contributed by atoms with Crippen LogP contribution in [0, 0.1) is 0 Å². The fourth-order valence-corrected chi connectivity index (χ4v) is 1.39. The van der Waals surface area contributed by atoms with Crippen molar-refractivity contribution in [2.24, 2.45) is 0 Å². The fraction of sp³-hybridized carbons (Fsp3) is 0.727. The highest BCUT2D eigenvalue weighted by Gasteiger charge is 2.11. The second-order valence-electron chi connectivity index (χ2n) is 3.51. The number of hydrogen-bond acceptors (Lipinski definition) is 7. The van der Waals surface area contributed by atoms with Crippen LogP contribution in [0.15, 0.2) is 0 Å². The van der Waals surface area contributed by atoms with Gasteiger partial charge in [0.1, 0.15) is 6.61 Å². The van der Waals surface area contributed by atoms with Crippen LogP contribution in [-0.2, 0) is 4.74 Å². The normalized spacial score (nSPS) is 10.2. The Labute approximate surface area is 108 Å². The van der Waals surface area contributed by atoms with Crippen molar-refractivity contribution in [1.29, 1.82) is 0 Å². The smallest absolute Gasteiger partial charge is 0.323 e. The number of ether oxygens (including phenoxy) is 2. The van der Waals surface area contributed by atoms with E-state index in [0.29, 0.717) is 31.1 Å². The molecule has 0 amide bonds. The lowest BCUT2D eigenvalue weighted by molar-refractivity contribution is 0.141. The van der Waals surface area contributed by atoms with Crippen molar-refractivity contribution in [2.45, 2.75) is 13.8 Å². The van der Waals surface area contributed by atoms with Gasteiger partial charge in [-0.25, -0.2) is 0 Å². The van der Waals surface area contributed by atoms with Gasteiger partial charge in [0, 0.05) is 27.2 Å². The molecule has 0 fully saturated rings. The Morgan fingerprint density at radius 2 is 1.83 bits per heavy atom. The van der Waals surface area contributed by atoms with E-state index in [-0.39, 0.29) is 0 Å². The number of nitrogens with one attached hydrogen (secondary N) is 1. The maximum Gasteiger partial charge on any atom is 0.323 e. The Morgan fingerprint density at radius 3 is 2.39 bits per heavy atom. The first-order valence-corrected chi connectivity index (χ1v) is 6.05. The summed E-state index contributed by atoms with van der Waals surface area (Å²) in [6, 6.07) is 0.313. The highest BCUT2D eigenvalue weighted by molar-refractivity contribution is 5.37. The van der Waals surface area contributed by atoms with Crippen LogP contribution in [0.3, 0.4) is 0 Å². The molecule has 0 radical (unpaired) electrons. The third kappa shape index (κ3) is 3.99. The Morgan fingerprint density at radius 1 is 1.11 bits per heavy atom. The Balaban J connectivity index is 2.86. The molecule has 0 aliphatic carbocycles. The SMILES string of the molecule is CCN(CC)c1nc(NC)nc(OCCOC)n1. The Kier molecular flexibility index (Phi) is 6.13. The number of anilines is 2. The van der Waals surface area contributed by atoms with E-state index in [1.807, 2.05) is 4.90 Å². The summed E-state index contributed by atoms with van der Waals surface area (Å²) in [6.07, 6.45) is 0. The molecule has 0 aromatic carbocycles. The van der Waals surface area contributed by atoms with Gasteiger partial charge < -0.3 is 19.7 Å². The summed E-state index contributed by atoms with van der Waals surface area (Å²) in [5.41, 5.74) is 0. The molecular weight excluding hydrogens is 234 g/mol. The van der Waals surface area contributed by atoms with E-state index in [0.717, 1.165) is 13.1 Å². The van der Waals surface area contributed by atoms with Crippen LogP contribution in [0.1, 0.15) is 13.8 Å². The quantitative estimate of drug-likeness (QED) is 0.688. The van der Waals surface area contributed by atoms with Gasteiger partial charge in [0.2, 0.25) is 11.9 Å². The molecule has 0 aliphatic rings. The molecule has 7 heteroatoms. The summed E-state index contributed by atoms with van der Waals surface area (Å²) in [7, 11) is 3.39. The number of aromatic nitrogens is 3. The molecule has 102 valence electrons. The molecule has 1 N–H and O–H groups in total. The minimum absolute atomic E-state index is 0.313. The van der Waals surface area contributed by atoms with Crippen LogP contribution < -0.4 is 15.0 Å². The van der Waals surface area contributed by atoms with E-state index in [4.69, 9.17) is 9.47 Å². The summed E-state index contributed by atoms with van der Waals surface area (Å²) in [6.45, 7) is 6.69. The first-order chi connectivity index (χ1) is 8.74. The predicted octanol–water partition coefficient (Wildman–Crippen LogP) is 0.785. The first-order valence-electron chi connectivity index (χ1n) is 6.05. The van der Waals surface area contributed by atoms with E-state index in [9.17, 15) is 0 Å². The molecule has 1 aromatic rings.